The molecule has 0 bridgehead atoms. The van der Waals surface area contributed by atoms with Crippen molar-refractivity contribution in [2.75, 3.05) is 0 Å². The molecule has 4 atom stereocenters. The third kappa shape index (κ3) is 1.85. The van der Waals surface area contributed by atoms with Crippen molar-refractivity contribution in [3.63, 3.8) is 0 Å². The van der Waals surface area contributed by atoms with Gasteiger partial charge in [0.15, 0.2) is 15.5 Å². The number of aliphatic carboxylic acids is 1. The average molecular weight is 343 g/mol. The minimum absolute atomic E-state index is 0.199. The molecule has 3 rings (SSSR count). The maximum absolute atomic E-state index is 12.7. The second kappa shape index (κ2) is 4.60. The van der Waals surface area contributed by atoms with Gasteiger partial charge in [-0.05, 0) is 6.92 Å². The Morgan fingerprint density at radius 1 is 1.43 bits per heavy atom. The molecule has 0 spiro atoms. The number of aromatic nitrogens is 3. The molecule has 11 heteroatoms. The van der Waals surface area contributed by atoms with Crippen LogP contribution in [-0.2, 0) is 26.0 Å². The number of carboxylic acids is 2. The highest BCUT2D eigenvalue weighted by Crippen LogP contribution is 2.54. The molecular weight excluding hydrogens is 330 g/mol. The molecule has 124 valence electrons. The monoisotopic (exact) mass is 343 g/mol. The maximum Gasteiger partial charge on any atom is 0.355 e. The molecule has 0 amide bonds. The van der Waals surface area contributed by atoms with Crippen LogP contribution in [0.5, 0.6) is 0 Å². The van der Waals surface area contributed by atoms with Gasteiger partial charge in [0.05, 0.1) is 23.9 Å². The van der Waals surface area contributed by atoms with Crippen LogP contribution >= 0.6 is 0 Å². The van der Waals surface area contributed by atoms with E-state index in [1.807, 2.05) is 0 Å². The van der Waals surface area contributed by atoms with E-state index in [1.165, 1.54) is 6.92 Å². The van der Waals surface area contributed by atoms with Crippen molar-refractivity contribution in [3.05, 3.63) is 11.9 Å². The normalized spacial score (nSPS) is 34.7. The minimum atomic E-state index is -3.96. The van der Waals surface area contributed by atoms with E-state index in [-0.39, 0.29) is 12.1 Å². The van der Waals surface area contributed by atoms with Gasteiger partial charge in [-0.25, -0.2) is 17.9 Å². The van der Waals surface area contributed by atoms with E-state index in [2.05, 4.69) is 10.3 Å². The topological polar surface area (TPSA) is 157 Å². The summed E-state index contributed by atoms with van der Waals surface area (Å²) in [5.74, 6) is -5.68. The highest BCUT2D eigenvalue weighted by molar-refractivity contribution is 7.94. The Morgan fingerprint density at radius 2 is 2.09 bits per heavy atom. The van der Waals surface area contributed by atoms with Crippen molar-refractivity contribution >= 4 is 27.6 Å². The molecule has 10 nitrogen and oxygen atoms in total. The number of hydrogen-bond donors (Lipinski definition) is 2. The number of ketones is 1. The van der Waals surface area contributed by atoms with Crippen LogP contribution in [0.2, 0.25) is 0 Å². The van der Waals surface area contributed by atoms with Crippen molar-refractivity contribution in [2.24, 2.45) is 11.8 Å². The first-order valence-corrected chi connectivity index (χ1v) is 8.26. The van der Waals surface area contributed by atoms with Crippen molar-refractivity contribution in [1.82, 2.24) is 15.0 Å². The molecule has 1 aliphatic carbocycles. The third-order valence-electron chi connectivity index (χ3n) is 4.81. The fraction of sp³-hybridized carbons (Fsp3) is 0.583. The fourth-order valence-corrected chi connectivity index (χ4v) is 6.23. The van der Waals surface area contributed by atoms with Crippen LogP contribution in [-0.4, -0.2) is 61.3 Å². The van der Waals surface area contributed by atoms with Crippen molar-refractivity contribution < 1.29 is 33.0 Å². The van der Waals surface area contributed by atoms with Gasteiger partial charge in [-0.15, -0.1) is 5.10 Å². The molecule has 1 aliphatic heterocycles. The fourth-order valence-electron chi connectivity index (χ4n) is 3.55. The molecule has 2 N–H and O–H groups in total. The van der Waals surface area contributed by atoms with Gasteiger partial charge < -0.3 is 10.2 Å². The molecule has 1 saturated heterocycles. The second-order valence-electron chi connectivity index (χ2n) is 5.99. The number of sulfone groups is 1. The quantitative estimate of drug-likeness (QED) is 0.686. The molecule has 2 heterocycles. The van der Waals surface area contributed by atoms with E-state index in [4.69, 9.17) is 5.11 Å². The molecular formula is C12H13N3O7S. The summed E-state index contributed by atoms with van der Waals surface area (Å²) in [6.45, 7) is 0.730. The summed E-state index contributed by atoms with van der Waals surface area (Å²) >= 11 is 0. The van der Waals surface area contributed by atoms with Gasteiger partial charge in [-0.1, -0.05) is 5.21 Å². The Kier molecular flexibility index (Phi) is 3.12. The van der Waals surface area contributed by atoms with E-state index in [0.717, 1.165) is 10.9 Å². The van der Waals surface area contributed by atoms with E-state index >= 15 is 0 Å². The lowest BCUT2D eigenvalue weighted by Crippen LogP contribution is -2.47. The van der Waals surface area contributed by atoms with E-state index < -0.39 is 55.9 Å². The van der Waals surface area contributed by atoms with Crippen LogP contribution in [0, 0.1) is 11.8 Å². The summed E-state index contributed by atoms with van der Waals surface area (Å²) in [5, 5.41) is 24.4. The zero-order valence-corrected chi connectivity index (χ0v) is 12.7. The van der Waals surface area contributed by atoms with Crippen molar-refractivity contribution in [1.29, 1.82) is 0 Å². The van der Waals surface area contributed by atoms with Crippen molar-refractivity contribution in [3.8, 4) is 0 Å². The molecule has 0 radical (unpaired) electrons. The number of carbonyl (C=O) groups is 3. The molecule has 2 fully saturated rings. The Hall–Kier alpha value is -2.30. The van der Waals surface area contributed by atoms with Crippen LogP contribution < -0.4 is 0 Å². The van der Waals surface area contributed by atoms with Gasteiger partial charge in [-0.2, -0.15) is 0 Å². The zero-order chi connectivity index (χ0) is 17.2. The Labute approximate surface area is 130 Å². The van der Waals surface area contributed by atoms with Gasteiger partial charge >= 0.3 is 11.9 Å². The summed E-state index contributed by atoms with van der Waals surface area (Å²) < 4.78 is 24.5. The average Bonchev–Trinajstić information content (AvgIpc) is 2.92. The summed E-state index contributed by atoms with van der Waals surface area (Å²) in [5.41, 5.74) is -0.351. The number of carboxylic acid groups (broad SMARTS) is 2. The van der Waals surface area contributed by atoms with Gasteiger partial charge in [0.1, 0.15) is 10.5 Å². The summed E-state index contributed by atoms with van der Waals surface area (Å²) in [4.78, 5) is 34.4. The van der Waals surface area contributed by atoms with Crippen LogP contribution in [0.4, 0.5) is 0 Å². The Morgan fingerprint density at radius 3 is 2.61 bits per heavy atom. The van der Waals surface area contributed by atoms with Crippen LogP contribution in [0.3, 0.4) is 0 Å². The standard InChI is InChI=1S/C12H13N3O7S/c1-12(4-15-5(10(17)18)3-13-14-15)9(11(19)20)8-6(16)2-7(8)23(12,21)22/h3,7-9H,2,4H2,1H3,(H,17,18)(H,19,20)/t7?,8?,9-,12-/m0/s1. The lowest BCUT2D eigenvalue weighted by Gasteiger charge is -2.29. The molecule has 1 aromatic heterocycles. The summed E-state index contributed by atoms with van der Waals surface area (Å²) in [6, 6.07) is 0. The highest BCUT2D eigenvalue weighted by Gasteiger charge is 2.71. The second-order valence-corrected chi connectivity index (χ2v) is 8.62. The molecule has 2 aliphatic rings. The largest absolute Gasteiger partial charge is 0.481 e. The number of Topliss-reactive ketones (excluding diaryl/α,β-unsaturated/α-hetero) is 1. The van der Waals surface area contributed by atoms with E-state index in [9.17, 15) is 27.9 Å². The third-order valence-corrected chi connectivity index (χ3v) is 7.75. The highest BCUT2D eigenvalue weighted by atomic mass is 32.2. The summed E-state index contributed by atoms with van der Waals surface area (Å²) in [6.07, 6.45) is 0.748. The number of nitrogens with zero attached hydrogens (tertiary/aromatic N) is 3. The van der Waals surface area contributed by atoms with Gasteiger partial charge in [0.2, 0.25) is 0 Å². The number of rotatable bonds is 4. The molecule has 1 aromatic rings. The van der Waals surface area contributed by atoms with Crippen LogP contribution in [0.1, 0.15) is 23.8 Å². The number of fused-ring (bicyclic) bond motifs is 1. The smallest absolute Gasteiger partial charge is 0.355 e. The SMILES string of the molecule is C[C@]1(Cn2nncc2C(=O)O)[C@H](C(=O)O)C2C(=O)CC2S1(=O)=O. The maximum atomic E-state index is 12.7. The Bertz CT molecular complexity index is 829. The molecule has 2 unspecified atom stereocenters. The minimum Gasteiger partial charge on any atom is -0.481 e. The van der Waals surface area contributed by atoms with Crippen LogP contribution in [0.15, 0.2) is 6.20 Å². The first kappa shape index (κ1) is 15.6. The lowest BCUT2D eigenvalue weighted by molar-refractivity contribution is -0.150. The van der Waals surface area contributed by atoms with Gasteiger partial charge in [-0.3, -0.25) is 9.59 Å². The predicted octanol–water partition coefficient (Wildman–Crippen LogP) is -1.18. The molecule has 0 aromatic carbocycles. The number of carbonyl (C=O) groups excluding carboxylic acids is 1. The van der Waals surface area contributed by atoms with Gasteiger partial charge in [0, 0.05) is 12.3 Å². The first-order chi connectivity index (χ1) is 10.6. The molecule has 23 heavy (non-hydrogen) atoms. The van der Waals surface area contributed by atoms with Gasteiger partial charge in [0.25, 0.3) is 0 Å². The Balaban J connectivity index is 2.10. The van der Waals surface area contributed by atoms with Crippen LogP contribution in [0.25, 0.3) is 0 Å². The predicted molar refractivity (Wildman–Crippen MR) is 72.3 cm³/mol. The van der Waals surface area contributed by atoms with E-state index in [0.29, 0.717) is 0 Å². The van der Waals surface area contributed by atoms with Crippen molar-refractivity contribution in [2.45, 2.75) is 29.9 Å². The first-order valence-electron chi connectivity index (χ1n) is 6.72. The number of aromatic carboxylic acids is 1. The van der Waals surface area contributed by atoms with E-state index in [1.54, 1.807) is 0 Å². The molecule has 1 saturated carbocycles. The zero-order valence-electron chi connectivity index (χ0n) is 11.9. The lowest BCUT2D eigenvalue weighted by atomic mass is 9.70. The number of hydrogen-bond acceptors (Lipinski definition) is 7. The summed E-state index contributed by atoms with van der Waals surface area (Å²) in [7, 11) is -3.96.